The Hall–Kier alpha value is -1.92. The van der Waals surface area contributed by atoms with Crippen molar-refractivity contribution in [3.8, 4) is 0 Å². The fourth-order valence-electron chi connectivity index (χ4n) is 0.981. The van der Waals surface area contributed by atoms with Gasteiger partial charge in [0.1, 0.15) is 11.9 Å². The van der Waals surface area contributed by atoms with Crippen LogP contribution >= 0.6 is 0 Å². The van der Waals surface area contributed by atoms with Crippen LogP contribution in [-0.4, -0.2) is 25.8 Å². The Bertz CT molecular complexity index is 358. The molecule has 0 spiro atoms. The maximum atomic E-state index is 10.3. The van der Waals surface area contributed by atoms with Crippen LogP contribution in [0.5, 0.6) is 0 Å². The van der Waals surface area contributed by atoms with E-state index in [-0.39, 0.29) is 5.95 Å². The second-order valence-corrected chi connectivity index (χ2v) is 2.69. The summed E-state index contributed by atoms with van der Waals surface area (Å²) in [6.45, 7) is 1.83. The number of aromatic nitrogens is 2. The third-order valence-corrected chi connectivity index (χ3v) is 1.73. The van der Waals surface area contributed by atoms with Gasteiger partial charge in [-0.1, -0.05) is 17.1 Å². The number of hydrogen-bond acceptors (Lipinski definition) is 5. The third-order valence-electron chi connectivity index (χ3n) is 1.73. The van der Waals surface area contributed by atoms with Gasteiger partial charge in [0.2, 0.25) is 0 Å². The summed E-state index contributed by atoms with van der Waals surface area (Å²) in [4.78, 5) is 15.7. The predicted octanol–water partition coefficient (Wildman–Crippen LogP) is 1.10. The predicted molar refractivity (Wildman–Crippen MR) is 48.5 cm³/mol. The molecular formula is C7H10N4O3. The Morgan fingerprint density at radius 1 is 1.86 bits per heavy atom. The van der Waals surface area contributed by atoms with Crippen LogP contribution in [-0.2, 0) is 6.42 Å². The van der Waals surface area contributed by atoms with Crippen molar-refractivity contribution in [2.45, 2.75) is 19.8 Å². The zero-order chi connectivity index (χ0) is 10.6. The minimum absolute atomic E-state index is 0.298. The minimum atomic E-state index is -0.606. The van der Waals surface area contributed by atoms with E-state index in [2.05, 4.69) is 15.1 Å². The number of nitrogens with zero attached hydrogens (tertiary/aromatic N) is 3. The first-order valence-corrected chi connectivity index (χ1v) is 4.05. The summed E-state index contributed by atoms with van der Waals surface area (Å²) in [6, 6.07) is 0. The SMILES string of the molecule is CCC(Cc1cnc([N+](=O)[O-])[nH]1)=NO. The van der Waals surface area contributed by atoms with E-state index in [1.807, 2.05) is 6.92 Å². The lowest BCUT2D eigenvalue weighted by Gasteiger charge is -1.94. The van der Waals surface area contributed by atoms with E-state index in [9.17, 15) is 10.1 Å². The third kappa shape index (κ3) is 2.28. The largest absolute Gasteiger partial charge is 0.432 e. The fourth-order valence-corrected chi connectivity index (χ4v) is 0.981. The van der Waals surface area contributed by atoms with Gasteiger partial charge in [-0.25, -0.2) is 4.98 Å². The number of nitro groups is 1. The highest BCUT2D eigenvalue weighted by molar-refractivity contribution is 5.85. The molecule has 76 valence electrons. The van der Waals surface area contributed by atoms with Crippen molar-refractivity contribution in [2.75, 3.05) is 0 Å². The molecular weight excluding hydrogens is 188 g/mol. The minimum Gasteiger partial charge on any atom is -0.411 e. The van der Waals surface area contributed by atoms with E-state index in [1.54, 1.807) is 0 Å². The van der Waals surface area contributed by atoms with Gasteiger partial charge >= 0.3 is 5.95 Å². The Kier molecular flexibility index (Phi) is 3.16. The van der Waals surface area contributed by atoms with Crippen molar-refractivity contribution in [3.63, 3.8) is 0 Å². The summed E-state index contributed by atoms with van der Waals surface area (Å²) in [5.74, 6) is -0.298. The van der Waals surface area contributed by atoms with Crippen LogP contribution in [0.15, 0.2) is 11.4 Å². The zero-order valence-corrected chi connectivity index (χ0v) is 7.60. The molecule has 0 amide bonds. The van der Waals surface area contributed by atoms with Gasteiger partial charge in [-0.05, 0) is 11.3 Å². The highest BCUT2D eigenvalue weighted by atomic mass is 16.6. The smallest absolute Gasteiger partial charge is 0.411 e. The quantitative estimate of drug-likeness (QED) is 0.327. The molecule has 0 unspecified atom stereocenters. The summed E-state index contributed by atoms with van der Waals surface area (Å²) in [5.41, 5.74) is 1.11. The Morgan fingerprint density at radius 3 is 3.00 bits per heavy atom. The van der Waals surface area contributed by atoms with Crippen LogP contribution in [0.4, 0.5) is 5.95 Å². The molecule has 0 aliphatic carbocycles. The van der Waals surface area contributed by atoms with Crippen molar-refractivity contribution in [2.24, 2.45) is 5.16 Å². The van der Waals surface area contributed by atoms with E-state index >= 15 is 0 Å². The van der Waals surface area contributed by atoms with Crippen molar-refractivity contribution in [1.82, 2.24) is 9.97 Å². The van der Waals surface area contributed by atoms with Crippen LogP contribution in [0, 0.1) is 10.1 Å². The van der Waals surface area contributed by atoms with E-state index in [0.717, 1.165) is 0 Å². The number of hydrogen-bond donors (Lipinski definition) is 2. The van der Waals surface area contributed by atoms with Crippen LogP contribution in [0.2, 0.25) is 0 Å². The average Bonchev–Trinajstić information content (AvgIpc) is 2.62. The molecule has 14 heavy (non-hydrogen) atoms. The van der Waals surface area contributed by atoms with Crippen molar-refractivity contribution >= 4 is 11.7 Å². The molecule has 0 aliphatic heterocycles. The lowest BCUT2D eigenvalue weighted by molar-refractivity contribution is -0.393. The standard InChI is InChI=1S/C7H10N4O3/c1-2-5(10-12)3-6-4-8-7(9-6)11(13)14/h4,12H,2-3H2,1H3,(H,8,9). The molecule has 0 radical (unpaired) electrons. The molecule has 0 saturated heterocycles. The first-order chi connectivity index (χ1) is 6.67. The highest BCUT2D eigenvalue weighted by Crippen LogP contribution is 2.06. The summed E-state index contributed by atoms with van der Waals surface area (Å²) >= 11 is 0. The van der Waals surface area contributed by atoms with Crippen LogP contribution < -0.4 is 0 Å². The second-order valence-electron chi connectivity index (χ2n) is 2.69. The van der Waals surface area contributed by atoms with Gasteiger partial charge in [-0.2, -0.15) is 0 Å². The summed E-state index contributed by atoms with van der Waals surface area (Å²) in [7, 11) is 0. The molecule has 0 bridgehead atoms. The number of oxime groups is 1. The maximum absolute atomic E-state index is 10.3. The molecule has 0 aliphatic rings. The second kappa shape index (κ2) is 4.35. The van der Waals surface area contributed by atoms with Crippen LogP contribution in [0.25, 0.3) is 0 Å². The molecule has 0 atom stereocenters. The molecule has 1 aromatic rings. The Balaban J connectivity index is 2.73. The van der Waals surface area contributed by atoms with Crippen molar-refractivity contribution in [1.29, 1.82) is 0 Å². The number of imidazole rings is 1. The first-order valence-electron chi connectivity index (χ1n) is 4.05. The van der Waals surface area contributed by atoms with Gasteiger partial charge in [0, 0.05) is 6.42 Å². The zero-order valence-electron chi connectivity index (χ0n) is 7.60. The van der Waals surface area contributed by atoms with E-state index in [1.165, 1.54) is 6.20 Å². The topological polar surface area (TPSA) is 104 Å². The molecule has 1 aromatic heterocycles. The lowest BCUT2D eigenvalue weighted by Crippen LogP contribution is -2.01. The molecule has 1 heterocycles. The van der Waals surface area contributed by atoms with Gasteiger partial charge in [0.05, 0.1) is 5.71 Å². The molecule has 7 nitrogen and oxygen atoms in total. The van der Waals surface area contributed by atoms with Crippen LogP contribution in [0.3, 0.4) is 0 Å². The van der Waals surface area contributed by atoms with E-state index in [0.29, 0.717) is 24.2 Å². The number of H-pyrrole nitrogens is 1. The average molecular weight is 198 g/mol. The van der Waals surface area contributed by atoms with Crippen molar-refractivity contribution < 1.29 is 10.1 Å². The molecule has 0 saturated carbocycles. The summed E-state index contributed by atoms with van der Waals surface area (Å²) < 4.78 is 0. The summed E-state index contributed by atoms with van der Waals surface area (Å²) in [6.07, 6.45) is 2.29. The lowest BCUT2D eigenvalue weighted by atomic mass is 10.2. The van der Waals surface area contributed by atoms with E-state index < -0.39 is 4.92 Å². The monoisotopic (exact) mass is 198 g/mol. The molecule has 0 fully saturated rings. The van der Waals surface area contributed by atoms with E-state index in [4.69, 9.17) is 5.21 Å². The number of nitrogens with one attached hydrogen (secondary N) is 1. The fraction of sp³-hybridized carbons (Fsp3) is 0.429. The maximum Gasteiger partial charge on any atom is 0.432 e. The van der Waals surface area contributed by atoms with Gasteiger partial charge in [0.25, 0.3) is 0 Å². The van der Waals surface area contributed by atoms with Gasteiger partial charge in [0.15, 0.2) is 0 Å². The molecule has 1 rings (SSSR count). The Labute approximate surface area is 79.6 Å². The van der Waals surface area contributed by atoms with Gasteiger partial charge < -0.3 is 15.3 Å². The van der Waals surface area contributed by atoms with Gasteiger partial charge in [-0.3, -0.25) is 0 Å². The number of rotatable bonds is 4. The van der Waals surface area contributed by atoms with Gasteiger partial charge in [-0.15, -0.1) is 0 Å². The molecule has 7 heteroatoms. The first kappa shape index (κ1) is 10.2. The number of aromatic amines is 1. The van der Waals surface area contributed by atoms with Crippen LogP contribution in [0.1, 0.15) is 19.0 Å². The molecule has 2 N–H and O–H groups in total. The Morgan fingerprint density at radius 2 is 2.57 bits per heavy atom. The normalized spacial score (nSPS) is 11.6. The highest BCUT2D eigenvalue weighted by Gasteiger charge is 2.12. The summed E-state index contributed by atoms with van der Waals surface area (Å²) in [5, 5.41) is 21.8. The van der Waals surface area contributed by atoms with Crippen molar-refractivity contribution in [3.05, 3.63) is 22.0 Å². The molecule has 0 aromatic carbocycles.